The third kappa shape index (κ3) is 22.0. The van der Waals surface area contributed by atoms with Crippen molar-refractivity contribution in [2.75, 3.05) is 21.3 Å². The normalized spacial score (nSPS) is 12.5. The molecule has 0 saturated carbocycles. The summed E-state index contributed by atoms with van der Waals surface area (Å²) in [6, 6.07) is 81.5. The fourth-order valence-electron chi connectivity index (χ4n) is 11.0. The zero-order valence-corrected chi connectivity index (χ0v) is 60.9. The SMILES string of the molecule is C.C.COc1cc(CBr)ccc1OCc1ccccc1.COc1cc(CN2C(=O)c3ccccc3C2Cc2ccccn2)ccc1OCc1ccccc1.COc1cc(CN2Cc3ccccc3C2=O)ccc1OCc1ccccc1.ClCc1ccccn1.O=C1[N-]C(=O)c2ccccc21.[K+]. The number of carbonyl (C=O) groups excluding carboxylic acids is 4. The molecule has 3 aliphatic heterocycles. The molecule has 18 heteroatoms. The molecule has 3 aliphatic rings. The van der Waals surface area contributed by atoms with E-state index in [4.69, 9.17) is 40.0 Å². The van der Waals surface area contributed by atoms with E-state index in [9.17, 15) is 19.2 Å². The Bertz CT molecular complexity index is 4400. The first-order valence-electron chi connectivity index (χ1n) is 31.6. The zero-order chi connectivity index (χ0) is 68.4. The second kappa shape index (κ2) is 40.7. The average Bonchev–Trinajstić information content (AvgIpc) is 1.63. The van der Waals surface area contributed by atoms with Crippen LogP contribution in [0, 0.1) is 0 Å². The summed E-state index contributed by atoms with van der Waals surface area (Å²) in [6.45, 7) is 3.15. The van der Waals surface area contributed by atoms with E-state index in [0.717, 1.165) is 78.3 Å². The van der Waals surface area contributed by atoms with Crippen molar-refractivity contribution in [2.45, 2.75) is 78.0 Å². The van der Waals surface area contributed by atoms with Crippen LogP contribution in [0.15, 0.2) is 267 Å². The fourth-order valence-corrected chi connectivity index (χ4v) is 11.5. The van der Waals surface area contributed by atoms with Crippen molar-refractivity contribution in [2.24, 2.45) is 0 Å². The molecule has 0 fully saturated rings. The first-order valence-corrected chi connectivity index (χ1v) is 33.3. The number of imide groups is 1. The van der Waals surface area contributed by atoms with E-state index in [1.807, 2.05) is 240 Å². The van der Waals surface area contributed by atoms with Crippen LogP contribution in [0.1, 0.15) is 118 Å². The number of nitrogens with zero attached hydrogens (tertiary/aromatic N) is 5. The van der Waals surface area contributed by atoms with E-state index in [1.54, 1.807) is 58.0 Å². The van der Waals surface area contributed by atoms with Gasteiger partial charge in [0.05, 0.1) is 50.8 Å². The number of amides is 4. The summed E-state index contributed by atoms with van der Waals surface area (Å²) in [5, 5.41) is 4.09. The molecule has 512 valence electrons. The molecule has 0 saturated heterocycles. The predicted molar refractivity (Wildman–Crippen MR) is 397 cm³/mol. The third-order valence-electron chi connectivity index (χ3n) is 15.9. The molecule has 1 atom stereocenters. The van der Waals surface area contributed by atoms with Gasteiger partial charge in [-0.1, -0.05) is 213 Å². The second-order valence-electron chi connectivity index (χ2n) is 22.5. The van der Waals surface area contributed by atoms with Gasteiger partial charge in [0, 0.05) is 71.7 Å². The second-order valence-corrected chi connectivity index (χ2v) is 23.3. The van der Waals surface area contributed by atoms with E-state index in [2.05, 4.69) is 31.2 Å². The molecule has 0 bridgehead atoms. The minimum Gasteiger partial charge on any atom is -0.587 e. The van der Waals surface area contributed by atoms with E-state index in [1.165, 1.54) is 5.56 Å². The monoisotopic (exact) mass is 1460 g/mol. The maximum atomic E-state index is 13.3. The number of aromatic nitrogens is 2. The summed E-state index contributed by atoms with van der Waals surface area (Å²) in [5.41, 5.74) is 12.9. The first kappa shape index (κ1) is 78.9. The minimum atomic E-state index is -0.425. The number of fused-ring (bicyclic) bond motifs is 3. The summed E-state index contributed by atoms with van der Waals surface area (Å²) in [5.74, 6) is 4.00. The number of benzene rings is 9. The Morgan fingerprint density at radius 1 is 0.436 bits per heavy atom. The van der Waals surface area contributed by atoms with Crippen LogP contribution < -0.4 is 79.8 Å². The van der Waals surface area contributed by atoms with Gasteiger partial charge in [-0.05, 0) is 117 Å². The number of halogens is 2. The summed E-state index contributed by atoms with van der Waals surface area (Å²) < 4.78 is 34.1. The van der Waals surface area contributed by atoms with Crippen LogP contribution in [0.5, 0.6) is 34.5 Å². The molecule has 0 N–H and O–H groups in total. The van der Waals surface area contributed by atoms with Gasteiger partial charge in [0.2, 0.25) is 0 Å². The van der Waals surface area contributed by atoms with Crippen molar-refractivity contribution < 1.29 is 99.0 Å². The molecule has 15 nitrogen and oxygen atoms in total. The fraction of sp³-hybridized carbons (Fsp3) is 0.181. The Morgan fingerprint density at radius 2 is 0.842 bits per heavy atom. The number of rotatable bonds is 20. The van der Waals surface area contributed by atoms with Crippen molar-refractivity contribution in [1.82, 2.24) is 19.8 Å². The number of ether oxygens (including phenoxy) is 6. The maximum Gasteiger partial charge on any atom is 1.00 e. The van der Waals surface area contributed by atoms with Gasteiger partial charge in [0.1, 0.15) is 19.8 Å². The Hall–Kier alpha value is -9.43. The van der Waals surface area contributed by atoms with Crippen LogP contribution in [0.2, 0.25) is 0 Å². The van der Waals surface area contributed by atoms with Gasteiger partial charge in [0.25, 0.3) is 11.8 Å². The standard InChI is InChI=1S/C29H26N2O3.C23H21NO3.C15H15BrO2.C8H5NO2.C6H6ClN.2CH4.K/c1-33-28-17-22(14-15-27(28)34-20-21-9-3-2-4-10-21)19-31-26(18-23-11-7-8-16-30-23)24-12-5-6-13-25(24)29(31)32;1-26-22-13-18(11-12-21(22)27-16-17-7-3-2-4-8-17)14-24-15-19-9-5-6-10-20(19)23(24)25;1-17-15-9-13(10-16)7-8-14(15)18-11-12-5-3-2-4-6-12;10-7-5-3-1-2-4-6(5)8(11)9-7;7-5-6-3-1-2-4-8-6;;;/h2-17,26H,18-20H2,1H3;2-13H,14-16H2,1H3;2-9H,10-11H2,1H3;1-4H,(H,9,10,11);1-4H,5H2;2*1H4;/q;;;;;;;+1/p-1. The molecule has 5 heterocycles. The van der Waals surface area contributed by atoms with E-state index in [0.29, 0.717) is 85.9 Å². The molecule has 0 radical (unpaired) electrons. The number of alkyl halides is 2. The molecule has 2 aromatic heterocycles. The number of pyridine rings is 2. The Morgan fingerprint density at radius 3 is 1.28 bits per heavy atom. The smallest absolute Gasteiger partial charge is 0.587 e. The number of hydrogen-bond donors (Lipinski definition) is 0. The van der Waals surface area contributed by atoms with Gasteiger partial charge < -0.3 is 53.1 Å². The van der Waals surface area contributed by atoms with Gasteiger partial charge in [-0.15, -0.1) is 11.6 Å². The largest absolute Gasteiger partial charge is 1.00 e. The van der Waals surface area contributed by atoms with Gasteiger partial charge in [-0.3, -0.25) is 19.6 Å². The topological polar surface area (TPSA) is 170 Å². The van der Waals surface area contributed by atoms with Gasteiger partial charge in [-0.25, -0.2) is 0 Å². The summed E-state index contributed by atoms with van der Waals surface area (Å²) in [4.78, 5) is 59.9. The molecule has 11 aromatic rings. The minimum absolute atomic E-state index is 0. The molecule has 14 rings (SSSR count). The zero-order valence-electron chi connectivity index (χ0n) is 55.4. The van der Waals surface area contributed by atoms with Crippen LogP contribution in [-0.4, -0.2) is 64.7 Å². The molecule has 0 spiro atoms. The quantitative estimate of drug-likeness (QED) is 0.0403. The van der Waals surface area contributed by atoms with Crippen LogP contribution >= 0.6 is 27.5 Å². The molecular formula is C83H80BrClKN5O10. The van der Waals surface area contributed by atoms with Crippen molar-refractivity contribution in [3.05, 3.63) is 351 Å². The van der Waals surface area contributed by atoms with Gasteiger partial charge in [0.15, 0.2) is 34.5 Å². The summed E-state index contributed by atoms with van der Waals surface area (Å²) in [7, 11) is 4.92. The number of hydrogen-bond acceptors (Lipinski definition) is 12. The number of carbonyl (C=O) groups is 4. The Balaban J connectivity index is 0.000000190. The van der Waals surface area contributed by atoms with Crippen LogP contribution in [-0.2, 0) is 57.1 Å². The van der Waals surface area contributed by atoms with Crippen molar-refractivity contribution in [3.8, 4) is 34.5 Å². The molecule has 4 amide bonds. The van der Waals surface area contributed by atoms with Crippen molar-refractivity contribution in [3.63, 3.8) is 0 Å². The first-order chi connectivity index (χ1) is 48.0. The molecule has 101 heavy (non-hydrogen) atoms. The van der Waals surface area contributed by atoms with Crippen LogP contribution in [0.3, 0.4) is 0 Å². The molecule has 1 unspecified atom stereocenters. The van der Waals surface area contributed by atoms with Crippen molar-refractivity contribution >= 4 is 51.2 Å². The third-order valence-corrected chi connectivity index (χ3v) is 16.9. The molecule has 0 aliphatic carbocycles. The summed E-state index contributed by atoms with van der Waals surface area (Å²) in [6.07, 6.45) is 4.19. The van der Waals surface area contributed by atoms with Gasteiger partial charge in [-0.2, -0.15) is 0 Å². The Kier molecular flexibility index (Phi) is 31.8. The van der Waals surface area contributed by atoms with Crippen LogP contribution in [0.25, 0.3) is 5.32 Å². The Labute approximate surface area is 648 Å². The van der Waals surface area contributed by atoms with E-state index in [-0.39, 0.29) is 84.1 Å². The van der Waals surface area contributed by atoms with E-state index < -0.39 is 11.8 Å². The predicted octanol–water partition coefficient (Wildman–Crippen LogP) is 15.7. The van der Waals surface area contributed by atoms with E-state index >= 15 is 0 Å². The summed E-state index contributed by atoms with van der Waals surface area (Å²) >= 11 is 8.89. The maximum absolute atomic E-state index is 13.3. The molecule has 9 aromatic carbocycles. The number of methoxy groups -OCH3 is 3. The molecular weight excluding hydrogens is 1380 g/mol. The van der Waals surface area contributed by atoms with Gasteiger partial charge >= 0.3 is 51.4 Å². The average molecular weight is 1460 g/mol. The van der Waals surface area contributed by atoms with Crippen LogP contribution in [0.4, 0.5) is 0 Å². The van der Waals surface area contributed by atoms with Crippen molar-refractivity contribution in [1.29, 1.82) is 0 Å².